The Kier molecular flexibility index (Phi) is 8.25. The van der Waals surface area contributed by atoms with Crippen LogP contribution in [-0.4, -0.2) is 68.0 Å². The van der Waals surface area contributed by atoms with Gasteiger partial charge in [0.05, 0.1) is 0 Å². The van der Waals surface area contributed by atoms with Gasteiger partial charge in [-0.15, -0.1) is 0 Å². The van der Waals surface area contributed by atoms with Crippen LogP contribution in [0.1, 0.15) is 25.3 Å². The van der Waals surface area contributed by atoms with E-state index in [9.17, 15) is 4.79 Å². The van der Waals surface area contributed by atoms with Crippen molar-refractivity contribution >= 4 is 11.9 Å². The molecule has 0 atom stereocenters. The fraction of sp³-hybridized carbons (Fsp3) is 0.579. The van der Waals surface area contributed by atoms with Gasteiger partial charge in [0.1, 0.15) is 0 Å². The molecule has 0 aliphatic carbocycles. The third-order valence-electron chi connectivity index (χ3n) is 4.34. The van der Waals surface area contributed by atoms with E-state index in [1.165, 1.54) is 5.56 Å². The summed E-state index contributed by atoms with van der Waals surface area (Å²) in [6, 6.07) is 10.6. The van der Waals surface area contributed by atoms with Gasteiger partial charge in [-0.2, -0.15) is 0 Å². The quantitative estimate of drug-likeness (QED) is 0.578. The smallest absolute Gasteiger partial charge is 0.221 e. The number of nitrogens with zero attached hydrogens (tertiary/aromatic N) is 3. The monoisotopic (exact) mass is 345 g/mol. The molecule has 1 aliphatic rings. The van der Waals surface area contributed by atoms with E-state index >= 15 is 0 Å². The average Bonchev–Trinajstić information content (AvgIpc) is 2.65. The van der Waals surface area contributed by atoms with Crippen LogP contribution in [0.4, 0.5) is 0 Å². The van der Waals surface area contributed by atoms with E-state index in [-0.39, 0.29) is 5.91 Å². The van der Waals surface area contributed by atoms with Crippen molar-refractivity contribution in [1.29, 1.82) is 0 Å². The summed E-state index contributed by atoms with van der Waals surface area (Å²) in [4.78, 5) is 20.8. The van der Waals surface area contributed by atoms with Crippen LogP contribution in [0.25, 0.3) is 0 Å². The summed E-state index contributed by atoms with van der Waals surface area (Å²) in [5.41, 5.74) is 1.36. The van der Waals surface area contributed by atoms with Crippen molar-refractivity contribution in [3.05, 3.63) is 35.9 Å². The van der Waals surface area contributed by atoms with Crippen molar-refractivity contribution in [2.45, 2.75) is 26.3 Å². The first-order chi connectivity index (χ1) is 12.2. The lowest BCUT2D eigenvalue weighted by Crippen LogP contribution is -2.52. The van der Waals surface area contributed by atoms with E-state index in [2.05, 4.69) is 62.7 Å². The molecular weight excluding hydrogens is 314 g/mol. The molecule has 0 spiro atoms. The van der Waals surface area contributed by atoms with E-state index in [0.717, 1.165) is 51.6 Å². The highest BCUT2D eigenvalue weighted by atomic mass is 16.1. The molecule has 1 aromatic carbocycles. The molecule has 6 heteroatoms. The first-order valence-corrected chi connectivity index (χ1v) is 9.21. The van der Waals surface area contributed by atoms with Crippen molar-refractivity contribution in [3.8, 4) is 0 Å². The lowest BCUT2D eigenvalue weighted by atomic mass is 10.2. The molecule has 1 heterocycles. The van der Waals surface area contributed by atoms with Crippen molar-refractivity contribution in [1.82, 2.24) is 20.4 Å². The van der Waals surface area contributed by atoms with Crippen LogP contribution in [0.5, 0.6) is 0 Å². The number of aliphatic imine (C=N–C) groups is 1. The molecule has 1 saturated heterocycles. The second-order valence-corrected chi connectivity index (χ2v) is 6.32. The molecule has 0 saturated carbocycles. The average molecular weight is 345 g/mol. The minimum absolute atomic E-state index is 0.0949. The molecule has 25 heavy (non-hydrogen) atoms. The molecule has 2 rings (SSSR count). The zero-order valence-corrected chi connectivity index (χ0v) is 15.5. The molecule has 0 unspecified atom stereocenters. The van der Waals surface area contributed by atoms with Crippen LogP contribution >= 0.6 is 0 Å². The predicted octanol–water partition coefficient (Wildman–Crippen LogP) is 1.30. The maximum Gasteiger partial charge on any atom is 0.221 e. The van der Waals surface area contributed by atoms with Gasteiger partial charge in [-0.05, 0) is 12.0 Å². The van der Waals surface area contributed by atoms with Crippen molar-refractivity contribution < 1.29 is 4.79 Å². The lowest BCUT2D eigenvalue weighted by molar-refractivity contribution is -0.120. The second-order valence-electron chi connectivity index (χ2n) is 6.32. The Hall–Kier alpha value is -2.08. The highest BCUT2D eigenvalue weighted by molar-refractivity contribution is 5.81. The van der Waals surface area contributed by atoms with E-state index < -0.39 is 0 Å². The lowest BCUT2D eigenvalue weighted by Gasteiger charge is -2.36. The first kappa shape index (κ1) is 19.2. The van der Waals surface area contributed by atoms with Gasteiger partial charge in [-0.25, -0.2) is 0 Å². The molecule has 2 N–H and O–H groups in total. The largest absolute Gasteiger partial charge is 0.356 e. The van der Waals surface area contributed by atoms with Crippen LogP contribution < -0.4 is 10.6 Å². The number of benzene rings is 1. The number of guanidine groups is 1. The fourth-order valence-electron chi connectivity index (χ4n) is 2.93. The van der Waals surface area contributed by atoms with Gasteiger partial charge in [0.2, 0.25) is 5.91 Å². The highest BCUT2D eigenvalue weighted by Gasteiger charge is 2.19. The first-order valence-electron chi connectivity index (χ1n) is 9.21. The second kappa shape index (κ2) is 10.7. The van der Waals surface area contributed by atoms with E-state index in [0.29, 0.717) is 13.0 Å². The molecule has 6 nitrogen and oxygen atoms in total. The molecule has 0 aromatic heterocycles. The Morgan fingerprint density at radius 3 is 2.44 bits per heavy atom. The van der Waals surface area contributed by atoms with Gasteiger partial charge in [-0.1, -0.05) is 37.3 Å². The summed E-state index contributed by atoms with van der Waals surface area (Å²) in [5.74, 6) is 0.986. The van der Waals surface area contributed by atoms with Gasteiger partial charge in [0.15, 0.2) is 5.96 Å². The Morgan fingerprint density at radius 2 is 1.80 bits per heavy atom. The maximum absolute atomic E-state index is 11.7. The van der Waals surface area contributed by atoms with E-state index in [4.69, 9.17) is 0 Å². The van der Waals surface area contributed by atoms with Crippen LogP contribution in [0, 0.1) is 0 Å². The minimum Gasteiger partial charge on any atom is -0.356 e. The summed E-state index contributed by atoms with van der Waals surface area (Å²) in [6.07, 6.45) is 1.45. The van der Waals surface area contributed by atoms with Gasteiger partial charge >= 0.3 is 0 Å². The topological polar surface area (TPSA) is 60.0 Å². The van der Waals surface area contributed by atoms with Gasteiger partial charge < -0.3 is 15.5 Å². The van der Waals surface area contributed by atoms with E-state index in [1.807, 2.05) is 0 Å². The predicted molar refractivity (Wildman–Crippen MR) is 103 cm³/mol. The zero-order chi connectivity index (χ0) is 17.9. The maximum atomic E-state index is 11.7. The Balaban J connectivity index is 1.70. The molecule has 1 amide bonds. The SMILES string of the molecule is CCCNC(=O)CCNC(=NC)N1CCN(Cc2ccccc2)CC1. The Labute approximate surface area is 151 Å². The fourth-order valence-corrected chi connectivity index (χ4v) is 2.93. The number of hydrogen-bond acceptors (Lipinski definition) is 3. The Bertz CT molecular complexity index is 538. The molecule has 0 radical (unpaired) electrons. The standard InChI is InChI=1S/C19H31N5O/c1-3-10-21-18(25)9-11-22-19(20-2)24-14-12-23(13-15-24)16-17-7-5-4-6-8-17/h4-8H,3,9-16H2,1-2H3,(H,20,22)(H,21,25). The third-order valence-corrected chi connectivity index (χ3v) is 4.34. The highest BCUT2D eigenvalue weighted by Crippen LogP contribution is 2.08. The normalized spacial score (nSPS) is 15.9. The zero-order valence-electron chi connectivity index (χ0n) is 15.5. The van der Waals surface area contributed by atoms with Crippen molar-refractivity contribution in [3.63, 3.8) is 0 Å². The summed E-state index contributed by atoms with van der Waals surface area (Å²) < 4.78 is 0. The van der Waals surface area contributed by atoms with Crippen LogP contribution in [0.2, 0.25) is 0 Å². The number of carbonyl (C=O) groups is 1. The molecule has 1 fully saturated rings. The number of carbonyl (C=O) groups excluding carboxylic acids is 1. The van der Waals surface area contributed by atoms with Crippen LogP contribution in [-0.2, 0) is 11.3 Å². The van der Waals surface area contributed by atoms with E-state index in [1.54, 1.807) is 7.05 Å². The number of hydrogen-bond donors (Lipinski definition) is 2. The molecule has 1 aromatic rings. The van der Waals surface area contributed by atoms with Gasteiger partial charge in [-0.3, -0.25) is 14.7 Å². The van der Waals surface area contributed by atoms with Crippen molar-refractivity contribution in [2.75, 3.05) is 46.3 Å². The minimum atomic E-state index is 0.0949. The summed E-state index contributed by atoms with van der Waals surface area (Å²) in [5, 5.41) is 6.20. The summed E-state index contributed by atoms with van der Waals surface area (Å²) in [6.45, 7) is 8.36. The molecule has 138 valence electrons. The summed E-state index contributed by atoms with van der Waals surface area (Å²) >= 11 is 0. The number of amides is 1. The summed E-state index contributed by atoms with van der Waals surface area (Å²) in [7, 11) is 1.80. The molecular formula is C19H31N5O. The van der Waals surface area contributed by atoms with Crippen LogP contribution in [0.3, 0.4) is 0 Å². The molecule has 0 bridgehead atoms. The Morgan fingerprint density at radius 1 is 1.08 bits per heavy atom. The van der Waals surface area contributed by atoms with Gasteiger partial charge in [0.25, 0.3) is 0 Å². The third kappa shape index (κ3) is 6.74. The van der Waals surface area contributed by atoms with Crippen LogP contribution in [0.15, 0.2) is 35.3 Å². The number of rotatable bonds is 7. The van der Waals surface area contributed by atoms with Crippen molar-refractivity contribution in [2.24, 2.45) is 4.99 Å². The number of nitrogens with one attached hydrogen (secondary N) is 2. The molecule has 1 aliphatic heterocycles. The van der Waals surface area contributed by atoms with Gasteiger partial charge in [0, 0.05) is 59.3 Å². The number of piperazine rings is 1.